The topological polar surface area (TPSA) is 67.9 Å². The van der Waals surface area contributed by atoms with Crippen molar-refractivity contribution in [3.63, 3.8) is 0 Å². The lowest BCUT2D eigenvalue weighted by molar-refractivity contribution is -0.117. The lowest BCUT2D eigenvalue weighted by Gasteiger charge is -2.17. The number of benzene rings is 3. The molecule has 0 atom stereocenters. The summed E-state index contributed by atoms with van der Waals surface area (Å²) < 4.78 is 10.6. The zero-order valence-corrected chi connectivity index (χ0v) is 18.6. The van der Waals surface area contributed by atoms with Crippen molar-refractivity contribution < 1.29 is 19.1 Å². The summed E-state index contributed by atoms with van der Waals surface area (Å²) in [5, 5.41) is 2.89. The number of amides is 1. The van der Waals surface area contributed by atoms with E-state index in [-0.39, 0.29) is 18.2 Å². The fourth-order valence-electron chi connectivity index (χ4n) is 3.41. The second kappa shape index (κ2) is 11.1. The molecule has 3 aromatic carbocycles. The molecular weight excluding hydrogens is 404 g/mol. The van der Waals surface area contributed by atoms with E-state index in [0.29, 0.717) is 34.9 Å². The highest BCUT2D eigenvalue weighted by molar-refractivity contribution is 6.13. The highest BCUT2D eigenvalue weighted by atomic mass is 16.5. The number of methoxy groups -OCH3 is 2. The first-order valence-electron chi connectivity index (χ1n) is 10.4. The van der Waals surface area contributed by atoms with E-state index in [1.165, 1.54) is 0 Å². The smallest absolute Gasteiger partial charge is 0.238 e. The lowest BCUT2D eigenvalue weighted by Crippen LogP contribution is -2.32. The number of anilines is 1. The van der Waals surface area contributed by atoms with Crippen molar-refractivity contribution in [2.24, 2.45) is 0 Å². The van der Waals surface area contributed by atoms with Crippen LogP contribution in [0.1, 0.15) is 21.5 Å². The van der Waals surface area contributed by atoms with Crippen molar-refractivity contribution >= 4 is 17.4 Å². The highest BCUT2D eigenvalue weighted by Gasteiger charge is 2.15. The maximum absolute atomic E-state index is 12.8. The minimum atomic E-state index is -0.173. The minimum Gasteiger partial charge on any atom is -0.493 e. The SMILES string of the molecule is COc1ccc(CCN(C)CC(=O)Nc2ccccc2C(=O)c2ccccc2)cc1OC. The number of ketones is 1. The van der Waals surface area contributed by atoms with Gasteiger partial charge >= 0.3 is 0 Å². The van der Waals surface area contributed by atoms with E-state index in [0.717, 1.165) is 12.0 Å². The second-order valence-electron chi connectivity index (χ2n) is 7.47. The normalized spacial score (nSPS) is 10.6. The van der Waals surface area contributed by atoms with Gasteiger partial charge in [-0.1, -0.05) is 48.5 Å². The first-order valence-corrected chi connectivity index (χ1v) is 10.4. The predicted octanol–water partition coefficient (Wildman–Crippen LogP) is 4.05. The first kappa shape index (κ1) is 23.0. The van der Waals surface area contributed by atoms with Gasteiger partial charge in [0.25, 0.3) is 0 Å². The van der Waals surface area contributed by atoms with Gasteiger partial charge in [-0.25, -0.2) is 0 Å². The average Bonchev–Trinajstić information content (AvgIpc) is 2.83. The maximum Gasteiger partial charge on any atom is 0.238 e. The predicted molar refractivity (Wildman–Crippen MR) is 126 cm³/mol. The van der Waals surface area contributed by atoms with Crippen molar-refractivity contribution in [1.82, 2.24) is 4.90 Å². The van der Waals surface area contributed by atoms with Crippen molar-refractivity contribution in [2.75, 3.05) is 39.7 Å². The molecule has 0 heterocycles. The van der Waals surface area contributed by atoms with E-state index in [2.05, 4.69) is 5.32 Å². The van der Waals surface area contributed by atoms with Crippen LogP contribution >= 0.6 is 0 Å². The van der Waals surface area contributed by atoms with Crippen molar-refractivity contribution in [3.05, 3.63) is 89.5 Å². The van der Waals surface area contributed by atoms with E-state index >= 15 is 0 Å². The van der Waals surface area contributed by atoms with Gasteiger partial charge in [0.15, 0.2) is 17.3 Å². The summed E-state index contributed by atoms with van der Waals surface area (Å²) in [7, 11) is 5.11. The summed E-state index contributed by atoms with van der Waals surface area (Å²) in [5.74, 6) is 1.08. The number of para-hydroxylation sites is 1. The number of likely N-dealkylation sites (N-methyl/N-ethyl adjacent to an activating group) is 1. The van der Waals surface area contributed by atoms with Crippen LogP contribution in [0.15, 0.2) is 72.8 Å². The molecule has 0 saturated heterocycles. The third kappa shape index (κ3) is 5.95. The molecule has 3 rings (SSSR count). The van der Waals surface area contributed by atoms with Gasteiger partial charge in [0.2, 0.25) is 5.91 Å². The van der Waals surface area contributed by atoms with Gasteiger partial charge in [-0.2, -0.15) is 0 Å². The highest BCUT2D eigenvalue weighted by Crippen LogP contribution is 2.27. The summed E-state index contributed by atoms with van der Waals surface area (Å²) in [5.41, 5.74) is 2.66. The van der Waals surface area contributed by atoms with Crippen LogP contribution in [0.3, 0.4) is 0 Å². The van der Waals surface area contributed by atoms with Crippen molar-refractivity contribution in [1.29, 1.82) is 0 Å². The summed E-state index contributed by atoms with van der Waals surface area (Å²) in [6.45, 7) is 0.897. The van der Waals surface area contributed by atoms with Gasteiger partial charge in [-0.3, -0.25) is 14.5 Å². The standard InChI is InChI=1S/C26H28N2O4/c1-28(16-15-19-13-14-23(31-2)24(17-19)32-3)18-25(29)27-22-12-8-7-11-21(22)26(30)20-9-5-4-6-10-20/h4-14,17H,15-16,18H2,1-3H3,(H,27,29). The van der Waals surface area contributed by atoms with Crippen LogP contribution in [0.25, 0.3) is 0 Å². The molecule has 0 bridgehead atoms. The lowest BCUT2D eigenvalue weighted by atomic mass is 10.0. The summed E-state index contributed by atoms with van der Waals surface area (Å²) >= 11 is 0. The quantitative estimate of drug-likeness (QED) is 0.490. The molecule has 32 heavy (non-hydrogen) atoms. The van der Waals surface area contributed by atoms with Crippen LogP contribution in [0.2, 0.25) is 0 Å². The Morgan fingerprint density at radius 1 is 0.875 bits per heavy atom. The Labute approximate surface area is 188 Å². The van der Waals surface area contributed by atoms with Gasteiger partial charge in [0, 0.05) is 17.7 Å². The summed E-state index contributed by atoms with van der Waals surface area (Å²) in [6, 6.07) is 21.9. The van der Waals surface area contributed by atoms with E-state index < -0.39 is 0 Å². The van der Waals surface area contributed by atoms with Crippen LogP contribution in [-0.2, 0) is 11.2 Å². The van der Waals surface area contributed by atoms with Crippen molar-refractivity contribution in [3.8, 4) is 11.5 Å². The van der Waals surface area contributed by atoms with Crippen LogP contribution in [0, 0.1) is 0 Å². The number of carbonyl (C=O) groups is 2. The molecule has 0 saturated carbocycles. The summed E-state index contributed by atoms with van der Waals surface area (Å²) in [4.78, 5) is 27.4. The molecule has 166 valence electrons. The molecule has 3 aromatic rings. The molecular formula is C26H28N2O4. The van der Waals surface area contributed by atoms with Crippen LogP contribution in [0.5, 0.6) is 11.5 Å². The zero-order valence-electron chi connectivity index (χ0n) is 18.6. The molecule has 0 aliphatic rings. The molecule has 6 nitrogen and oxygen atoms in total. The number of hydrogen-bond acceptors (Lipinski definition) is 5. The Hall–Kier alpha value is -3.64. The fourth-order valence-corrected chi connectivity index (χ4v) is 3.41. The molecule has 1 amide bonds. The Bertz CT molecular complexity index is 1070. The molecule has 0 fully saturated rings. The Balaban J connectivity index is 1.59. The van der Waals surface area contributed by atoms with Gasteiger partial charge < -0.3 is 14.8 Å². The number of ether oxygens (including phenoxy) is 2. The average molecular weight is 433 g/mol. The van der Waals surface area contributed by atoms with Gasteiger partial charge in [0.1, 0.15) is 0 Å². The number of rotatable bonds is 10. The molecule has 0 aliphatic carbocycles. The van der Waals surface area contributed by atoms with Crippen molar-refractivity contribution in [2.45, 2.75) is 6.42 Å². The van der Waals surface area contributed by atoms with Crippen LogP contribution < -0.4 is 14.8 Å². The van der Waals surface area contributed by atoms with Gasteiger partial charge in [-0.05, 0) is 43.3 Å². The Morgan fingerprint density at radius 3 is 2.28 bits per heavy atom. The second-order valence-corrected chi connectivity index (χ2v) is 7.47. The molecule has 0 unspecified atom stereocenters. The molecule has 0 aliphatic heterocycles. The molecule has 0 aromatic heterocycles. The Kier molecular flexibility index (Phi) is 8.00. The maximum atomic E-state index is 12.8. The molecule has 0 spiro atoms. The van der Waals surface area contributed by atoms with E-state index in [9.17, 15) is 9.59 Å². The fraction of sp³-hybridized carbons (Fsp3) is 0.231. The first-order chi connectivity index (χ1) is 15.5. The van der Waals surface area contributed by atoms with Crippen LogP contribution in [0.4, 0.5) is 5.69 Å². The monoisotopic (exact) mass is 432 g/mol. The third-order valence-corrected chi connectivity index (χ3v) is 5.13. The van der Waals surface area contributed by atoms with Gasteiger partial charge in [-0.15, -0.1) is 0 Å². The number of nitrogens with zero attached hydrogens (tertiary/aromatic N) is 1. The zero-order chi connectivity index (χ0) is 22.9. The molecule has 6 heteroatoms. The largest absolute Gasteiger partial charge is 0.493 e. The number of carbonyl (C=O) groups excluding carboxylic acids is 2. The van der Waals surface area contributed by atoms with Gasteiger partial charge in [0.05, 0.1) is 26.5 Å². The van der Waals surface area contributed by atoms with E-state index in [1.54, 1.807) is 50.6 Å². The number of nitrogens with one attached hydrogen (secondary N) is 1. The molecule has 1 N–H and O–H groups in total. The Morgan fingerprint density at radius 2 is 1.56 bits per heavy atom. The minimum absolute atomic E-state index is 0.122. The number of hydrogen-bond donors (Lipinski definition) is 1. The summed E-state index contributed by atoms with van der Waals surface area (Å²) in [6.07, 6.45) is 0.757. The van der Waals surface area contributed by atoms with E-state index in [1.807, 2.05) is 48.3 Å². The van der Waals surface area contributed by atoms with E-state index in [4.69, 9.17) is 9.47 Å². The third-order valence-electron chi connectivity index (χ3n) is 5.13. The van der Waals surface area contributed by atoms with Crippen LogP contribution in [-0.4, -0.2) is 50.9 Å². The molecule has 0 radical (unpaired) electrons.